The molecular formula is C14H19NO2S. The molecule has 18 heavy (non-hydrogen) atoms. The molecule has 1 atom stereocenters. The van der Waals surface area contributed by atoms with Crippen LogP contribution in [0.4, 0.5) is 0 Å². The van der Waals surface area contributed by atoms with Gasteiger partial charge >= 0.3 is 0 Å². The number of carbonyl (C=O) groups excluding carboxylic acids is 1. The second-order valence-electron chi connectivity index (χ2n) is 4.94. The van der Waals surface area contributed by atoms with Crippen molar-refractivity contribution in [3.05, 3.63) is 29.8 Å². The smallest absolute Gasteiger partial charge is 0.224 e. The molecule has 1 saturated heterocycles. The van der Waals surface area contributed by atoms with Gasteiger partial charge in [-0.05, 0) is 31.5 Å². The standard InChI is InChI=1S/C14H19NO2S/c1-10(2)17-12-5-3-11(4-6-12)8-15-9-13(18)7-14(15)16/h3-6,10,13,18H,7-9H2,1-2H3. The largest absolute Gasteiger partial charge is 0.491 e. The monoisotopic (exact) mass is 265 g/mol. The first-order valence-electron chi connectivity index (χ1n) is 6.26. The Balaban J connectivity index is 1.96. The highest BCUT2D eigenvalue weighted by atomic mass is 32.1. The predicted molar refractivity (Wildman–Crippen MR) is 75.0 cm³/mol. The molecule has 0 aliphatic carbocycles. The van der Waals surface area contributed by atoms with Crippen molar-refractivity contribution in [1.82, 2.24) is 4.90 Å². The number of rotatable bonds is 4. The molecule has 1 amide bonds. The van der Waals surface area contributed by atoms with Crippen molar-refractivity contribution >= 4 is 18.5 Å². The lowest BCUT2D eigenvalue weighted by atomic mass is 10.2. The van der Waals surface area contributed by atoms with Gasteiger partial charge in [-0.15, -0.1) is 0 Å². The average Bonchev–Trinajstić information content (AvgIpc) is 2.59. The first kappa shape index (κ1) is 13.3. The molecule has 1 aliphatic rings. The minimum atomic E-state index is 0.181. The van der Waals surface area contributed by atoms with Gasteiger partial charge in [0.05, 0.1) is 6.10 Å². The summed E-state index contributed by atoms with van der Waals surface area (Å²) < 4.78 is 5.58. The summed E-state index contributed by atoms with van der Waals surface area (Å²) in [5, 5.41) is 0.182. The molecule has 0 radical (unpaired) electrons. The highest BCUT2D eigenvalue weighted by molar-refractivity contribution is 7.81. The Hall–Kier alpha value is -1.16. The van der Waals surface area contributed by atoms with E-state index < -0.39 is 0 Å². The van der Waals surface area contributed by atoms with Crippen LogP contribution in [0.2, 0.25) is 0 Å². The van der Waals surface area contributed by atoms with Gasteiger partial charge in [0.2, 0.25) is 5.91 Å². The molecule has 4 heteroatoms. The number of hydrogen-bond acceptors (Lipinski definition) is 3. The van der Waals surface area contributed by atoms with Gasteiger partial charge in [-0.3, -0.25) is 4.79 Å². The van der Waals surface area contributed by atoms with E-state index in [9.17, 15) is 4.79 Å². The quantitative estimate of drug-likeness (QED) is 0.848. The molecule has 0 aromatic heterocycles. The van der Waals surface area contributed by atoms with E-state index in [-0.39, 0.29) is 17.3 Å². The van der Waals surface area contributed by atoms with E-state index in [1.807, 2.05) is 43.0 Å². The van der Waals surface area contributed by atoms with Crippen LogP contribution in [0.1, 0.15) is 25.8 Å². The molecule has 1 fully saturated rings. The first-order valence-corrected chi connectivity index (χ1v) is 6.77. The van der Waals surface area contributed by atoms with E-state index in [4.69, 9.17) is 4.74 Å². The van der Waals surface area contributed by atoms with Gasteiger partial charge in [-0.1, -0.05) is 12.1 Å². The molecule has 1 aromatic carbocycles. The number of amides is 1. The van der Waals surface area contributed by atoms with Crippen molar-refractivity contribution in [1.29, 1.82) is 0 Å². The maximum Gasteiger partial charge on any atom is 0.224 e. The van der Waals surface area contributed by atoms with Crippen LogP contribution in [0.3, 0.4) is 0 Å². The maximum absolute atomic E-state index is 11.7. The molecule has 1 heterocycles. The summed E-state index contributed by atoms with van der Waals surface area (Å²) >= 11 is 4.35. The zero-order valence-electron chi connectivity index (χ0n) is 10.8. The third-order valence-corrected chi connectivity index (χ3v) is 3.21. The number of hydrogen-bond donors (Lipinski definition) is 1. The van der Waals surface area contributed by atoms with E-state index in [0.717, 1.165) is 17.9 Å². The van der Waals surface area contributed by atoms with Gasteiger partial charge in [0.15, 0.2) is 0 Å². The Labute approximate surface area is 114 Å². The summed E-state index contributed by atoms with van der Waals surface area (Å²) in [5.74, 6) is 1.06. The molecular weight excluding hydrogens is 246 g/mol. The average molecular weight is 265 g/mol. The second kappa shape index (κ2) is 5.65. The normalized spacial score (nSPS) is 19.7. The van der Waals surface area contributed by atoms with Crippen molar-refractivity contribution in [2.45, 2.75) is 38.2 Å². The molecule has 1 aliphatic heterocycles. The zero-order valence-corrected chi connectivity index (χ0v) is 11.7. The third kappa shape index (κ3) is 3.42. The fourth-order valence-corrected chi connectivity index (χ4v) is 2.42. The van der Waals surface area contributed by atoms with Crippen molar-refractivity contribution < 1.29 is 9.53 Å². The Morgan fingerprint density at radius 3 is 2.56 bits per heavy atom. The lowest BCUT2D eigenvalue weighted by molar-refractivity contribution is -0.128. The molecule has 0 N–H and O–H groups in total. The Bertz CT molecular complexity index is 416. The van der Waals surface area contributed by atoms with Crippen LogP contribution in [0.25, 0.3) is 0 Å². The minimum absolute atomic E-state index is 0.181. The number of thiol groups is 1. The fraction of sp³-hybridized carbons (Fsp3) is 0.500. The Morgan fingerprint density at radius 1 is 1.39 bits per heavy atom. The summed E-state index contributed by atoms with van der Waals surface area (Å²) in [6.07, 6.45) is 0.735. The summed E-state index contributed by atoms with van der Waals surface area (Å²) in [4.78, 5) is 13.5. The molecule has 1 aromatic rings. The first-order chi connectivity index (χ1) is 8.54. The fourth-order valence-electron chi connectivity index (χ4n) is 2.07. The molecule has 1 unspecified atom stereocenters. The van der Waals surface area contributed by atoms with Crippen molar-refractivity contribution in [2.24, 2.45) is 0 Å². The molecule has 98 valence electrons. The maximum atomic E-state index is 11.7. The van der Waals surface area contributed by atoms with Gasteiger partial charge in [0.25, 0.3) is 0 Å². The van der Waals surface area contributed by atoms with Crippen LogP contribution in [0, 0.1) is 0 Å². The number of likely N-dealkylation sites (tertiary alicyclic amines) is 1. The third-order valence-electron chi connectivity index (χ3n) is 2.86. The molecule has 0 saturated carbocycles. The van der Waals surface area contributed by atoms with E-state index in [1.165, 1.54) is 0 Å². The van der Waals surface area contributed by atoms with Gasteiger partial charge in [0.1, 0.15) is 5.75 Å². The Morgan fingerprint density at radius 2 is 2.06 bits per heavy atom. The van der Waals surface area contributed by atoms with Crippen LogP contribution >= 0.6 is 12.6 Å². The summed E-state index contributed by atoms with van der Waals surface area (Å²) in [6.45, 7) is 5.41. The highest BCUT2D eigenvalue weighted by Crippen LogP contribution is 2.20. The topological polar surface area (TPSA) is 29.5 Å². The predicted octanol–water partition coefficient (Wildman–Crippen LogP) is 2.50. The van der Waals surface area contributed by atoms with Crippen molar-refractivity contribution in [2.75, 3.05) is 6.54 Å². The molecule has 3 nitrogen and oxygen atoms in total. The van der Waals surface area contributed by atoms with Gasteiger partial charge in [-0.25, -0.2) is 0 Å². The van der Waals surface area contributed by atoms with Crippen LogP contribution in [0.5, 0.6) is 5.75 Å². The van der Waals surface area contributed by atoms with E-state index in [0.29, 0.717) is 13.0 Å². The van der Waals surface area contributed by atoms with E-state index >= 15 is 0 Å². The lowest BCUT2D eigenvalue weighted by Crippen LogP contribution is -2.24. The summed E-state index contributed by atoms with van der Waals surface area (Å²) in [5.41, 5.74) is 1.13. The summed E-state index contributed by atoms with van der Waals surface area (Å²) in [6, 6.07) is 7.93. The second-order valence-corrected chi connectivity index (χ2v) is 5.67. The van der Waals surface area contributed by atoms with Crippen LogP contribution in [-0.4, -0.2) is 28.7 Å². The van der Waals surface area contributed by atoms with Gasteiger partial charge < -0.3 is 9.64 Å². The molecule has 0 bridgehead atoms. The van der Waals surface area contributed by atoms with Crippen molar-refractivity contribution in [3.8, 4) is 5.75 Å². The van der Waals surface area contributed by atoms with E-state index in [2.05, 4.69) is 12.6 Å². The summed E-state index contributed by atoms with van der Waals surface area (Å²) in [7, 11) is 0. The number of ether oxygens (including phenoxy) is 1. The van der Waals surface area contributed by atoms with E-state index in [1.54, 1.807) is 0 Å². The van der Waals surface area contributed by atoms with Gasteiger partial charge in [0, 0.05) is 24.8 Å². The lowest BCUT2D eigenvalue weighted by Gasteiger charge is -2.16. The van der Waals surface area contributed by atoms with Crippen LogP contribution in [-0.2, 0) is 11.3 Å². The van der Waals surface area contributed by atoms with Crippen molar-refractivity contribution in [3.63, 3.8) is 0 Å². The molecule has 0 spiro atoms. The van der Waals surface area contributed by atoms with Gasteiger partial charge in [-0.2, -0.15) is 12.6 Å². The highest BCUT2D eigenvalue weighted by Gasteiger charge is 2.26. The van der Waals surface area contributed by atoms with Crippen LogP contribution < -0.4 is 4.74 Å². The number of benzene rings is 1. The Kier molecular flexibility index (Phi) is 4.17. The molecule has 2 rings (SSSR count). The zero-order chi connectivity index (χ0) is 13.1. The minimum Gasteiger partial charge on any atom is -0.491 e. The number of carbonyl (C=O) groups is 1. The van der Waals surface area contributed by atoms with Crippen LogP contribution in [0.15, 0.2) is 24.3 Å². The number of nitrogens with zero attached hydrogens (tertiary/aromatic N) is 1. The SMILES string of the molecule is CC(C)Oc1ccc(CN2CC(S)CC2=O)cc1.